The second-order valence-electron chi connectivity index (χ2n) is 28.5. The first-order chi connectivity index (χ1) is 49.0. The predicted molar refractivity (Wildman–Crippen MR) is 367 cm³/mol. The van der Waals surface area contributed by atoms with Gasteiger partial charge in [-0.1, -0.05) is 65.3 Å². The van der Waals surface area contributed by atoms with E-state index in [1.165, 1.54) is 49.3 Å². The highest BCUT2D eigenvalue weighted by Gasteiger charge is 2.53. The summed E-state index contributed by atoms with van der Waals surface area (Å²) in [7, 11) is 10.4. The van der Waals surface area contributed by atoms with Crippen LogP contribution in [0.4, 0.5) is 35.1 Å². The second kappa shape index (κ2) is 36.0. The van der Waals surface area contributed by atoms with E-state index in [0.717, 1.165) is 75.4 Å². The maximum Gasteiger partial charge on any atom is 0.422 e. The van der Waals surface area contributed by atoms with E-state index in [-0.39, 0.29) is 76.1 Å². The smallest absolute Gasteiger partial charge is 0.377 e. The number of ether oxygens (including phenoxy) is 1. The summed E-state index contributed by atoms with van der Waals surface area (Å²) in [6, 6.07) is -7.43. The molecule has 3 fully saturated rings. The fourth-order valence-corrected chi connectivity index (χ4v) is 13.7. The number of benzene rings is 2. The second-order valence-corrected chi connectivity index (χ2v) is 28.5. The molecule has 2 aromatic rings. The predicted octanol–water partition coefficient (Wildman–Crippen LogP) is 4.96. The Bertz CT molecular complexity index is 3530. The van der Waals surface area contributed by atoms with E-state index in [9.17, 15) is 55.1 Å². The summed E-state index contributed by atoms with van der Waals surface area (Å²) >= 11 is 0. The number of nitrogens with zero attached hydrogens (tertiary/aromatic N) is 9. The Balaban J connectivity index is 1.50. The van der Waals surface area contributed by atoms with Crippen LogP contribution in [0.5, 0.6) is 0 Å². The zero-order valence-electron chi connectivity index (χ0n) is 62.1. The van der Waals surface area contributed by atoms with Gasteiger partial charge in [0, 0.05) is 88.9 Å². The highest BCUT2D eigenvalue weighted by atomic mass is 19.4. The van der Waals surface area contributed by atoms with Crippen molar-refractivity contribution in [3.63, 3.8) is 0 Å². The lowest BCUT2D eigenvalue weighted by atomic mass is 9.75. The first-order valence-electron chi connectivity index (χ1n) is 35.3. The van der Waals surface area contributed by atoms with Crippen molar-refractivity contribution in [1.29, 1.82) is 0 Å². The van der Waals surface area contributed by atoms with Gasteiger partial charge < -0.3 is 64.8 Å². The zero-order chi connectivity index (χ0) is 78.7. The first kappa shape index (κ1) is 85.2. The molecule has 3 heterocycles. The summed E-state index contributed by atoms with van der Waals surface area (Å²) in [5.41, 5.74) is -5.28. The SMILES string of the molecule is CCO[C@@H]1C[C@H]2C(=O)NC3(CCC3)C(=O)N(C)[C@@H](CC(C)C)C(=O)N(C)[C@H](C(=O)N(C)C)CC(=O)N(C)[C@@H](CC)C(=O)N[C@@H]([C@@H](C)CC)C(=O)N(C)CC(=O)N(C)[C@H]3C/C=C\CCN(C3=O)[C@@H](Cc3ccc(C(F)(F)F)cc3)C(=O)N(C)CC(=O)N[C@H](CCc3cc(F)c(C(F)(F)F)c(F)c3)C(=O)N2C1. The van der Waals surface area contributed by atoms with E-state index in [4.69, 9.17) is 4.74 Å². The number of carbonyl (C=O) groups excluding carboxylic acids is 12. The van der Waals surface area contributed by atoms with Crippen LogP contribution in [-0.2, 0) is 87.5 Å². The number of alkyl halides is 6. The van der Waals surface area contributed by atoms with Crippen LogP contribution < -0.4 is 16.0 Å². The molecule has 33 heteroatoms. The lowest BCUT2D eigenvalue weighted by Gasteiger charge is -2.46. The van der Waals surface area contributed by atoms with Crippen molar-refractivity contribution < 1.29 is 97.4 Å². The molecule has 0 aromatic heterocycles. The number of hydrogen-bond acceptors (Lipinski definition) is 13. The molecule has 0 unspecified atom stereocenters. The van der Waals surface area contributed by atoms with Gasteiger partial charge in [-0.2, -0.15) is 26.3 Å². The maximum atomic E-state index is 15.4. The number of carbonyl (C=O) groups is 12. The molecule has 25 nitrogen and oxygen atoms in total. The van der Waals surface area contributed by atoms with Crippen LogP contribution in [0.25, 0.3) is 0 Å². The summed E-state index contributed by atoms with van der Waals surface area (Å²) in [4.78, 5) is 188. The van der Waals surface area contributed by atoms with Gasteiger partial charge in [0.05, 0.1) is 31.2 Å². The van der Waals surface area contributed by atoms with Gasteiger partial charge in [0.1, 0.15) is 71.1 Å². The average Bonchev–Trinajstić information content (AvgIpc) is 1.57. The molecule has 3 aliphatic heterocycles. The standard InChI is InChI=1S/C72H100F8N12O13/c1-15-42(6)60-68(103)86(10)40-58(95)88(12)51-22-19-18-20-31-91(67(51)102)55(35-43-23-26-45(27-24-43)71(75,76)77)65(100)85(9)39-56(93)81-49(28-25-44-33-47(73)59(48(74)34-44)72(78,79)80)63(98)92-38-46(105-17-3)36-52(92)62(97)83-70(29-21-30-70)69(104)90(14)53(32-41(4)5)66(101)89(13)54(64(99)84(7)8)37-57(94)87(11)50(16-2)61(96)82-60/h18-19,23-24,26-27,33-34,41-42,46,49-55,60H,15-17,20-22,25,28-32,35-40H2,1-14H3,(H,81,93)(H,82,96)(H,83,97)/b19-18-/t42-,46+,49+,50-,51-,52-,53-,54-,55-,60-/m0/s1. The molecule has 2 bridgehead atoms. The van der Waals surface area contributed by atoms with Crippen molar-refractivity contribution in [3.05, 3.63) is 82.4 Å². The van der Waals surface area contributed by atoms with Gasteiger partial charge in [0.25, 0.3) is 0 Å². The van der Waals surface area contributed by atoms with E-state index in [2.05, 4.69) is 16.0 Å². The van der Waals surface area contributed by atoms with Crippen LogP contribution in [0, 0.1) is 23.5 Å². The molecule has 105 heavy (non-hydrogen) atoms. The van der Waals surface area contributed by atoms with Crippen LogP contribution in [0.2, 0.25) is 0 Å². The Morgan fingerprint density at radius 3 is 1.83 bits per heavy atom. The van der Waals surface area contributed by atoms with Gasteiger partial charge >= 0.3 is 12.4 Å². The van der Waals surface area contributed by atoms with Crippen LogP contribution >= 0.6 is 0 Å². The van der Waals surface area contributed by atoms with Crippen LogP contribution in [0.15, 0.2) is 48.6 Å². The summed E-state index contributed by atoms with van der Waals surface area (Å²) in [6.07, 6.45) is -9.86. The molecule has 1 aliphatic carbocycles. The molecule has 10 atom stereocenters. The topological polar surface area (TPSA) is 279 Å². The van der Waals surface area contributed by atoms with Crippen LogP contribution in [-0.4, -0.2) is 264 Å². The van der Waals surface area contributed by atoms with Gasteiger partial charge in [-0.3, -0.25) is 57.5 Å². The van der Waals surface area contributed by atoms with Crippen molar-refractivity contribution in [1.82, 2.24) is 60.0 Å². The summed E-state index contributed by atoms with van der Waals surface area (Å²) in [5, 5.41) is 8.14. The molecular formula is C72H100F8N12O13. The van der Waals surface area contributed by atoms with Crippen LogP contribution in [0.1, 0.15) is 134 Å². The van der Waals surface area contributed by atoms with Crippen LogP contribution in [0.3, 0.4) is 0 Å². The molecule has 4 aliphatic rings. The van der Waals surface area contributed by atoms with E-state index >= 15 is 37.5 Å². The average molecular weight is 1490 g/mol. The van der Waals surface area contributed by atoms with E-state index in [1.54, 1.807) is 53.7 Å². The van der Waals surface area contributed by atoms with Gasteiger partial charge in [-0.05, 0) is 112 Å². The molecule has 2 saturated heterocycles. The molecule has 6 rings (SSSR count). The maximum absolute atomic E-state index is 15.4. The highest BCUT2D eigenvalue weighted by Crippen LogP contribution is 2.38. The van der Waals surface area contributed by atoms with Gasteiger partial charge in [-0.15, -0.1) is 0 Å². The Hall–Kier alpha value is -8.78. The highest BCUT2D eigenvalue weighted by molar-refractivity contribution is 6.01. The van der Waals surface area contributed by atoms with Gasteiger partial charge in [0.15, 0.2) is 0 Å². The number of fused-ring (bicyclic) bond motifs is 3. The van der Waals surface area contributed by atoms with E-state index < -0.39 is 216 Å². The van der Waals surface area contributed by atoms with Crippen molar-refractivity contribution in [2.75, 3.05) is 89.2 Å². The molecule has 582 valence electrons. The van der Waals surface area contributed by atoms with Gasteiger partial charge in [0.2, 0.25) is 70.9 Å². The number of aryl methyl sites for hydroxylation is 1. The van der Waals surface area contributed by atoms with Crippen molar-refractivity contribution in [3.8, 4) is 0 Å². The number of likely N-dealkylation sites (N-methyl/N-ethyl adjacent to an activating group) is 7. The zero-order valence-corrected chi connectivity index (χ0v) is 62.1. The Labute approximate surface area is 607 Å². The van der Waals surface area contributed by atoms with Crippen molar-refractivity contribution in [2.45, 2.75) is 197 Å². The summed E-state index contributed by atoms with van der Waals surface area (Å²) in [5.74, 6) is -15.2. The molecule has 3 N–H and O–H groups in total. The fourth-order valence-electron chi connectivity index (χ4n) is 13.7. The number of halogens is 8. The third-order valence-corrected chi connectivity index (χ3v) is 20.3. The minimum Gasteiger partial charge on any atom is -0.377 e. The Morgan fingerprint density at radius 1 is 0.667 bits per heavy atom. The first-order valence-corrected chi connectivity index (χ1v) is 35.3. The van der Waals surface area contributed by atoms with E-state index in [0.29, 0.717) is 25.0 Å². The Kier molecular flexibility index (Phi) is 29.2. The molecule has 1 spiro atoms. The minimum absolute atomic E-state index is 0.0102. The summed E-state index contributed by atoms with van der Waals surface area (Å²) < 4.78 is 120. The number of rotatable bonds is 13. The largest absolute Gasteiger partial charge is 0.422 e. The lowest BCUT2D eigenvalue weighted by Crippen LogP contribution is -2.67. The molecule has 0 radical (unpaired) electrons. The minimum atomic E-state index is -5.46. The van der Waals surface area contributed by atoms with E-state index in [1.807, 2.05) is 0 Å². The van der Waals surface area contributed by atoms with Crippen molar-refractivity contribution >= 4 is 70.9 Å². The van der Waals surface area contributed by atoms with Gasteiger partial charge in [-0.25, -0.2) is 8.78 Å². The molecule has 2 aromatic carbocycles. The fraction of sp³-hybridized carbons (Fsp3) is 0.639. The quantitative estimate of drug-likeness (QED) is 0.177. The number of hydrogen-bond donors (Lipinski definition) is 3. The number of nitrogens with one attached hydrogen (secondary N) is 3. The Morgan fingerprint density at radius 2 is 1.29 bits per heavy atom. The molecular weight excluding hydrogens is 1390 g/mol. The lowest BCUT2D eigenvalue weighted by molar-refractivity contribution is -0.156. The summed E-state index contributed by atoms with van der Waals surface area (Å²) in [6.45, 7) is 8.01. The normalized spacial score (nSPS) is 25.6. The molecule has 12 amide bonds. The van der Waals surface area contributed by atoms with Crippen molar-refractivity contribution in [2.24, 2.45) is 11.8 Å². The molecule has 1 saturated carbocycles. The third kappa shape index (κ3) is 20.6. The monoisotopic (exact) mass is 1490 g/mol. The number of amides is 12. The third-order valence-electron chi connectivity index (χ3n) is 20.3.